The van der Waals surface area contributed by atoms with Gasteiger partial charge >= 0.3 is 0 Å². The molecular formula is C23H20Cl2N2O2S. The van der Waals surface area contributed by atoms with Crippen LogP contribution in [0.4, 0.5) is 0 Å². The quantitative estimate of drug-likeness (QED) is 0.235. The zero-order valence-electron chi connectivity index (χ0n) is 16.1. The molecule has 0 aliphatic heterocycles. The van der Waals surface area contributed by atoms with Crippen molar-refractivity contribution in [3.63, 3.8) is 0 Å². The van der Waals surface area contributed by atoms with Crippen molar-refractivity contribution in [1.82, 2.24) is 5.43 Å². The summed E-state index contributed by atoms with van der Waals surface area (Å²) in [6.07, 6.45) is 1.95. The van der Waals surface area contributed by atoms with E-state index in [1.165, 1.54) is 0 Å². The number of ether oxygens (including phenoxy) is 1. The number of benzene rings is 3. The first-order valence-electron chi connectivity index (χ1n) is 9.27. The number of carbonyl (C=O) groups is 1. The van der Waals surface area contributed by atoms with Crippen LogP contribution >= 0.6 is 35.0 Å². The number of nitrogens with one attached hydrogen (secondary N) is 1. The SMILES string of the molecule is O=C(CCSc1ccc(Cl)cc1)N/N=C\c1ccccc1OCc1ccc(Cl)cc1. The molecule has 0 fully saturated rings. The van der Waals surface area contributed by atoms with E-state index >= 15 is 0 Å². The van der Waals surface area contributed by atoms with Gasteiger partial charge in [-0.1, -0.05) is 47.5 Å². The number of carbonyl (C=O) groups excluding carboxylic acids is 1. The summed E-state index contributed by atoms with van der Waals surface area (Å²) in [6, 6.07) is 22.5. The largest absolute Gasteiger partial charge is 0.488 e. The molecule has 0 atom stereocenters. The van der Waals surface area contributed by atoms with Crippen molar-refractivity contribution >= 4 is 47.1 Å². The van der Waals surface area contributed by atoms with Crippen LogP contribution in [0.2, 0.25) is 10.0 Å². The predicted molar refractivity (Wildman–Crippen MR) is 125 cm³/mol. The second-order valence-corrected chi connectivity index (χ2v) is 8.34. The van der Waals surface area contributed by atoms with Gasteiger partial charge in [0.2, 0.25) is 5.91 Å². The highest BCUT2D eigenvalue weighted by Crippen LogP contribution is 2.21. The van der Waals surface area contributed by atoms with Crippen LogP contribution in [0.15, 0.2) is 82.8 Å². The van der Waals surface area contributed by atoms with Crippen LogP contribution in [-0.2, 0) is 11.4 Å². The minimum Gasteiger partial charge on any atom is -0.488 e. The van der Waals surface area contributed by atoms with E-state index in [1.54, 1.807) is 18.0 Å². The zero-order valence-corrected chi connectivity index (χ0v) is 18.4. The Kier molecular flexibility index (Phi) is 8.63. The summed E-state index contributed by atoms with van der Waals surface area (Å²) in [4.78, 5) is 13.1. The maximum Gasteiger partial charge on any atom is 0.240 e. The van der Waals surface area contributed by atoms with Crippen molar-refractivity contribution in [3.05, 3.63) is 94.0 Å². The van der Waals surface area contributed by atoms with E-state index in [1.807, 2.05) is 72.8 Å². The summed E-state index contributed by atoms with van der Waals surface area (Å²) in [5.74, 6) is 1.19. The molecule has 0 aromatic heterocycles. The van der Waals surface area contributed by atoms with Crippen LogP contribution < -0.4 is 10.2 Å². The van der Waals surface area contributed by atoms with E-state index in [0.29, 0.717) is 34.6 Å². The third-order valence-corrected chi connectivity index (χ3v) is 5.55. The first-order valence-corrected chi connectivity index (χ1v) is 11.0. The van der Waals surface area contributed by atoms with Gasteiger partial charge in [-0.3, -0.25) is 4.79 Å². The van der Waals surface area contributed by atoms with Gasteiger partial charge in [0.15, 0.2) is 0 Å². The van der Waals surface area contributed by atoms with Gasteiger partial charge in [-0.15, -0.1) is 11.8 Å². The van der Waals surface area contributed by atoms with Gasteiger partial charge in [0, 0.05) is 32.7 Å². The average Bonchev–Trinajstić information content (AvgIpc) is 2.75. The van der Waals surface area contributed by atoms with E-state index in [9.17, 15) is 4.79 Å². The number of hydrazone groups is 1. The second kappa shape index (κ2) is 11.6. The van der Waals surface area contributed by atoms with E-state index in [-0.39, 0.29) is 5.91 Å². The maximum absolute atomic E-state index is 12.0. The van der Waals surface area contributed by atoms with Crippen LogP contribution in [0, 0.1) is 0 Å². The minimum absolute atomic E-state index is 0.146. The zero-order chi connectivity index (χ0) is 21.2. The molecule has 0 saturated heterocycles. The van der Waals surface area contributed by atoms with E-state index in [0.717, 1.165) is 16.0 Å². The Bertz CT molecular complexity index is 993. The molecule has 3 aromatic rings. The fourth-order valence-corrected chi connectivity index (χ4v) is 3.59. The van der Waals surface area contributed by atoms with Gasteiger partial charge in [0.1, 0.15) is 12.4 Å². The molecule has 0 heterocycles. The molecule has 3 rings (SSSR count). The third-order valence-electron chi connectivity index (χ3n) is 4.03. The summed E-state index contributed by atoms with van der Waals surface area (Å²) >= 11 is 13.4. The van der Waals surface area contributed by atoms with Gasteiger partial charge in [-0.2, -0.15) is 5.10 Å². The first-order chi connectivity index (χ1) is 14.6. The van der Waals surface area contributed by atoms with Crippen LogP contribution in [0.1, 0.15) is 17.5 Å². The number of amides is 1. The van der Waals surface area contributed by atoms with Crippen molar-refractivity contribution in [2.75, 3.05) is 5.75 Å². The number of hydrogen-bond donors (Lipinski definition) is 1. The Labute approximate surface area is 190 Å². The maximum atomic E-state index is 12.0. The summed E-state index contributed by atoms with van der Waals surface area (Å²) in [6.45, 7) is 0.413. The Balaban J connectivity index is 1.46. The Morgan fingerprint density at radius 3 is 2.37 bits per heavy atom. The van der Waals surface area contributed by atoms with Crippen molar-refractivity contribution in [2.45, 2.75) is 17.9 Å². The minimum atomic E-state index is -0.146. The molecule has 154 valence electrons. The molecule has 0 saturated carbocycles. The lowest BCUT2D eigenvalue weighted by Gasteiger charge is -2.09. The van der Waals surface area contributed by atoms with Gasteiger partial charge in [0.05, 0.1) is 6.21 Å². The van der Waals surface area contributed by atoms with Crippen molar-refractivity contribution in [2.24, 2.45) is 5.10 Å². The van der Waals surface area contributed by atoms with Gasteiger partial charge in [0.25, 0.3) is 0 Å². The smallest absolute Gasteiger partial charge is 0.240 e. The van der Waals surface area contributed by atoms with Gasteiger partial charge in [-0.25, -0.2) is 5.43 Å². The highest BCUT2D eigenvalue weighted by Gasteiger charge is 2.04. The molecule has 1 amide bonds. The summed E-state index contributed by atoms with van der Waals surface area (Å²) < 4.78 is 5.88. The van der Waals surface area contributed by atoms with Crippen molar-refractivity contribution in [3.8, 4) is 5.75 Å². The molecule has 0 aliphatic rings. The average molecular weight is 459 g/mol. The number of hydrogen-bond acceptors (Lipinski definition) is 4. The Hall–Kier alpha value is -2.47. The van der Waals surface area contributed by atoms with Crippen LogP contribution in [0.5, 0.6) is 5.75 Å². The van der Waals surface area contributed by atoms with Crippen molar-refractivity contribution < 1.29 is 9.53 Å². The number of para-hydroxylation sites is 1. The van der Waals surface area contributed by atoms with E-state index < -0.39 is 0 Å². The molecule has 0 spiro atoms. The summed E-state index contributed by atoms with van der Waals surface area (Å²) in [5, 5.41) is 5.44. The van der Waals surface area contributed by atoms with E-state index in [4.69, 9.17) is 27.9 Å². The standard InChI is InChI=1S/C23H20Cl2N2O2S/c24-19-7-5-17(6-8-19)16-29-22-4-2-1-3-18(22)15-26-27-23(28)13-14-30-21-11-9-20(25)10-12-21/h1-12,15H,13-14,16H2,(H,27,28)/b26-15-. The molecular weight excluding hydrogens is 439 g/mol. The lowest BCUT2D eigenvalue weighted by Crippen LogP contribution is -2.17. The number of rotatable bonds is 9. The lowest BCUT2D eigenvalue weighted by molar-refractivity contribution is -0.120. The lowest BCUT2D eigenvalue weighted by atomic mass is 10.2. The summed E-state index contributed by atoms with van der Waals surface area (Å²) in [5.41, 5.74) is 4.35. The van der Waals surface area contributed by atoms with Crippen LogP contribution in [0.3, 0.4) is 0 Å². The number of halogens is 2. The van der Waals surface area contributed by atoms with Crippen LogP contribution in [-0.4, -0.2) is 17.9 Å². The Morgan fingerprint density at radius 2 is 1.63 bits per heavy atom. The molecule has 0 radical (unpaired) electrons. The van der Waals surface area contributed by atoms with Gasteiger partial charge in [-0.05, 0) is 54.1 Å². The van der Waals surface area contributed by atoms with Crippen molar-refractivity contribution in [1.29, 1.82) is 0 Å². The Morgan fingerprint density at radius 1 is 0.967 bits per heavy atom. The summed E-state index contributed by atoms with van der Waals surface area (Å²) in [7, 11) is 0. The highest BCUT2D eigenvalue weighted by molar-refractivity contribution is 7.99. The molecule has 3 aromatic carbocycles. The highest BCUT2D eigenvalue weighted by atomic mass is 35.5. The topological polar surface area (TPSA) is 50.7 Å². The fraction of sp³-hybridized carbons (Fsp3) is 0.130. The fourth-order valence-electron chi connectivity index (χ4n) is 2.48. The predicted octanol–water partition coefficient (Wildman–Crippen LogP) is 6.20. The first kappa shape index (κ1) is 22.2. The normalized spacial score (nSPS) is 10.9. The number of nitrogens with zero attached hydrogens (tertiary/aromatic N) is 1. The molecule has 4 nitrogen and oxygen atoms in total. The van der Waals surface area contributed by atoms with Crippen LogP contribution in [0.25, 0.3) is 0 Å². The molecule has 0 bridgehead atoms. The molecule has 0 unspecified atom stereocenters. The number of thioether (sulfide) groups is 1. The molecule has 30 heavy (non-hydrogen) atoms. The molecule has 0 aliphatic carbocycles. The molecule has 7 heteroatoms. The molecule has 1 N–H and O–H groups in total. The second-order valence-electron chi connectivity index (χ2n) is 6.30. The van der Waals surface area contributed by atoms with Gasteiger partial charge < -0.3 is 4.74 Å². The van der Waals surface area contributed by atoms with E-state index in [2.05, 4.69) is 10.5 Å². The monoisotopic (exact) mass is 458 g/mol. The third kappa shape index (κ3) is 7.41.